The Bertz CT molecular complexity index is 667. The van der Waals surface area contributed by atoms with Gasteiger partial charge in [-0.2, -0.15) is 0 Å². The third kappa shape index (κ3) is 3.29. The van der Waals surface area contributed by atoms with Crippen LogP contribution in [0.1, 0.15) is 50.2 Å². The van der Waals surface area contributed by atoms with Gasteiger partial charge in [0, 0.05) is 49.6 Å². The van der Waals surface area contributed by atoms with Crippen molar-refractivity contribution in [2.75, 3.05) is 26.7 Å². The van der Waals surface area contributed by atoms with Gasteiger partial charge in [0.1, 0.15) is 17.6 Å². The van der Waals surface area contributed by atoms with Crippen LogP contribution in [0.25, 0.3) is 0 Å². The molecule has 1 N–H and O–H groups in total. The monoisotopic (exact) mass is 343 g/mol. The number of rotatable bonds is 4. The van der Waals surface area contributed by atoms with Gasteiger partial charge in [-0.3, -0.25) is 4.99 Å². The molecule has 0 amide bonds. The van der Waals surface area contributed by atoms with Crippen LogP contribution in [0, 0.1) is 0 Å². The van der Waals surface area contributed by atoms with Crippen LogP contribution in [0.2, 0.25) is 0 Å². The van der Waals surface area contributed by atoms with Gasteiger partial charge in [-0.1, -0.05) is 0 Å². The number of hydrogen-bond donors (Lipinski definition) is 1. The Morgan fingerprint density at radius 3 is 2.88 bits per heavy atom. The number of ether oxygens (including phenoxy) is 2. The van der Waals surface area contributed by atoms with E-state index in [-0.39, 0.29) is 6.10 Å². The molecule has 0 bridgehead atoms. The van der Waals surface area contributed by atoms with Gasteiger partial charge in [0.15, 0.2) is 5.96 Å². The first-order valence-electron chi connectivity index (χ1n) is 9.64. The zero-order valence-electron chi connectivity index (χ0n) is 15.5. The fourth-order valence-electron chi connectivity index (χ4n) is 4.12. The van der Waals surface area contributed by atoms with Gasteiger partial charge < -0.3 is 19.7 Å². The zero-order valence-corrected chi connectivity index (χ0v) is 15.5. The predicted molar refractivity (Wildman–Crippen MR) is 99.9 cm³/mol. The number of aliphatic imine (C=N–C) groups is 1. The average molecular weight is 343 g/mol. The summed E-state index contributed by atoms with van der Waals surface area (Å²) >= 11 is 0. The van der Waals surface area contributed by atoms with Crippen LogP contribution in [0.4, 0.5) is 0 Å². The maximum atomic E-state index is 5.97. The molecule has 136 valence electrons. The van der Waals surface area contributed by atoms with E-state index in [9.17, 15) is 0 Å². The third-order valence-corrected chi connectivity index (χ3v) is 5.45. The van der Waals surface area contributed by atoms with Crippen molar-refractivity contribution in [1.29, 1.82) is 0 Å². The Morgan fingerprint density at radius 1 is 1.36 bits per heavy atom. The first-order valence-corrected chi connectivity index (χ1v) is 9.64. The van der Waals surface area contributed by atoms with Crippen molar-refractivity contribution in [3.8, 4) is 11.5 Å². The molecule has 5 nitrogen and oxygen atoms in total. The van der Waals surface area contributed by atoms with Gasteiger partial charge in [0.2, 0.25) is 0 Å². The summed E-state index contributed by atoms with van der Waals surface area (Å²) < 4.78 is 11.9. The van der Waals surface area contributed by atoms with Gasteiger partial charge in [-0.25, -0.2) is 0 Å². The topological polar surface area (TPSA) is 46.1 Å². The number of nitrogens with zero attached hydrogens (tertiary/aromatic N) is 2. The largest absolute Gasteiger partial charge is 0.494 e. The second-order valence-corrected chi connectivity index (χ2v) is 7.40. The van der Waals surface area contributed by atoms with E-state index in [2.05, 4.69) is 34.3 Å². The van der Waals surface area contributed by atoms with E-state index >= 15 is 0 Å². The zero-order chi connectivity index (χ0) is 17.4. The van der Waals surface area contributed by atoms with Crippen molar-refractivity contribution >= 4 is 5.96 Å². The van der Waals surface area contributed by atoms with Crippen molar-refractivity contribution < 1.29 is 9.47 Å². The van der Waals surface area contributed by atoms with E-state index in [0.717, 1.165) is 43.4 Å². The minimum absolute atomic E-state index is 0.266. The van der Waals surface area contributed by atoms with E-state index in [1.807, 2.05) is 14.0 Å². The van der Waals surface area contributed by atoms with Gasteiger partial charge in [0.25, 0.3) is 0 Å². The smallest absolute Gasteiger partial charge is 0.193 e. The van der Waals surface area contributed by atoms with E-state index in [0.29, 0.717) is 18.6 Å². The summed E-state index contributed by atoms with van der Waals surface area (Å²) in [6.07, 6.45) is 4.90. The Kier molecular flexibility index (Phi) is 4.48. The van der Waals surface area contributed by atoms with E-state index in [1.54, 1.807) is 0 Å². The van der Waals surface area contributed by atoms with E-state index in [4.69, 9.17) is 9.47 Å². The summed E-state index contributed by atoms with van der Waals surface area (Å²) in [6, 6.07) is 4.85. The molecule has 3 atom stereocenters. The molecule has 1 aromatic rings. The second-order valence-electron chi connectivity index (χ2n) is 7.40. The molecule has 0 radical (unpaired) electrons. The molecular formula is C20H29N3O2. The number of hydrogen-bond acceptors (Lipinski definition) is 3. The number of benzene rings is 1. The van der Waals surface area contributed by atoms with Gasteiger partial charge in [0.05, 0.1) is 6.61 Å². The van der Waals surface area contributed by atoms with Gasteiger partial charge in [-0.15, -0.1) is 0 Å². The molecule has 2 aliphatic heterocycles. The van der Waals surface area contributed by atoms with Crippen molar-refractivity contribution in [2.45, 2.75) is 57.6 Å². The minimum Gasteiger partial charge on any atom is -0.494 e. The van der Waals surface area contributed by atoms with Crippen molar-refractivity contribution in [3.05, 3.63) is 23.3 Å². The second kappa shape index (κ2) is 6.77. The Labute approximate surface area is 150 Å². The quantitative estimate of drug-likeness (QED) is 0.674. The highest BCUT2D eigenvalue weighted by Crippen LogP contribution is 2.48. The molecule has 1 aliphatic carbocycles. The highest BCUT2D eigenvalue weighted by atomic mass is 16.5. The molecule has 5 heteroatoms. The maximum Gasteiger partial charge on any atom is 0.193 e. The summed E-state index contributed by atoms with van der Waals surface area (Å²) in [4.78, 5) is 6.85. The highest BCUT2D eigenvalue weighted by molar-refractivity contribution is 5.81. The molecule has 0 spiro atoms. The lowest BCUT2D eigenvalue weighted by atomic mass is 10.0. The number of likely N-dealkylation sites (tertiary alicyclic amines) is 1. The van der Waals surface area contributed by atoms with Gasteiger partial charge >= 0.3 is 0 Å². The molecule has 2 heterocycles. The van der Waals surface area contributed by atoms with Crippen LogP contribution in [-0.2, 0) is 6.42 Å². The standard InChI is InChI=1S/C20H29N3O2/c1-4-24-19-10-14-9-13(2)25-18(14)12-16(19)15-11-17(15)22-20(21-3)23-7-5-6-8-23/h10,12-13,15,17H,4-9,11H2,1-3H3,(H,21,22). The maximum absolute atomic E-state index is 5.97. The summed E-state index contributed by atoms with van der Waals surface area (Å²) in [6.45, 7) is 7.11. The molecule has 2 fully saturated rings. The molecule has 1 saturated carbocycles. The summed E-state index contributed by atoms with van der Waals surface area (Å²) in [5.74, 6) is 3.60. The lowest BCUT2D eigenvalue weighted by molar-refractivity contribution is 0.254. The summed E-state index contributed by atoms with van der Waals surface area (Å²) in [5.41, 5.74) is 2.56. The van der Waals surface area contributed by atoms with Crippen LogP contribution in [0.15, 0.2) is 17.1 Å². The van der Waals surface area contributed by atoms with Crippen molar-refractivity contribution in [2.24, 2.45) is 4.99 Å². The molecule has 3 unspecified atom stereocenters. The normalized spacial score (nSPS) is 27.9. The van der Waals surface area contributed by atoms with Crippen LogP contribution in [0.3, 0.4) is 0 Å². The number of nitrogens with one attached hydrogen (secondary N) is 1. The highest BCUT2D eigenvalue weighted by Gasteiger charge is 2.42. The molecule has 25 heavy (non-hydrogen) atoms. The minimum atomic E-state index is 0.266. The first kappa shape index (κ1) is 16.6. The van der Waals surface area contributed by atoms with Gasteiger partial charge in [-0.05, 0) is 45.2 Å². The fourth-order valence-corrected chi connectivity index (χ4v) is 4.12. The van der Waals surface area contributed by atoms with Crippen LogP contribution in [-0.4, -0.2) is 49.7 Å². The first-order chi connectivity index (χ1) is 12.2. The summed E-state index contributed by atoms with van der Waals surface area (Å²) in [5, 5.41) is 3.66. The van der Waals surface area contributed by atoms with E-state index in [1.165, 1.54) is 24.0 Å². The molecule has 0 aromatic heterocycles. The SMILES string of the molecule is CCOc1cc2c(cc1C1CC1NC(=NC)N1CCCC1)OC(C)C2. The molecule has 4 rings (SSSR count). The average Bonchev–Trinajstić information content (AvgIpc) is 2.99. The van der Waals surface area contributed by atoms with Crippen molar-refractivity contribution in [3.63, 3.8) is 0 Å². The lowest BCUT2D eigenvalue weighted by Crippen LogP contribution is -2.41. The lowest BCUT2D eigenvalue weighted by Gasteiger charge is -2.21. The Hall–Kier alpha value is -1.91. The predicted octanol–water partition coefficient (Wildman–Crippen LogP) is 2.94. The molecular weight excluding hydrogens is 314 g/mol. The third-order valence-electron chi connectivity index (χ3n) is 5.45. The fraction of sp³-hybridized carbons (Fsp3) is 0.650. The summed E-state index contributed by atoms with van der Waals surface area (Å²) in [7, 11) is 1.88. The Balaban J connectivity index is 1.50. The van der Waals surface area contributed by atoms with Crippen molar-refractivity contribution in [1.82, 2.24) is 10.2 Å². The molecule has 1 aromatic carbocycles. The molecule has 1 saturated heterocycles. The van der Waals surface area contributed by atoms with Crippen LogP contribution < -0.4 is 14.8 Å². The number of fused-ring (bicyclic) bond motifs is 1. The van der Waals surface area contributed by atoms with Crippen LogP contribution >= 0.6 is 0 Å². The van der Waals surface area contributed by atoms with E-state index < -0.39 is 0 Å². The number of guanidine groups is 1. The Morgan fingerprint density at radius 2 is 2.16 bits per heavy atom. The molecule has 3 aliphatic rings. The van der Waals surface area contributed by atoms with Crippen LogP contribution in [0.5, 0.6) is 11.5 Å².